The lowest BCUT2D eigenvalue weighted by Crippen LogP contribution is -2.17. The highest BCUT2D eigenvalue weighted by Gasteiger charge is 2.14. The Morgan fingerprint density at radius 2 is 2.13 bits per heavy atom. The van der Waals surface area contributed by atoms with Crippen molar-refractivity contribution in [2.45, 2.75) is 0 Å². The molecule has 0 bridgehead atoms. The van der Waals surface area contributed by atoms with Crippen LogP contribution in [-0.4, -0.2) is 24.2 Å². The second-order valence-corrected chi connectivity index (χ2v) is 4.51. The fourth-order valence-electron chi connectivity index (χ4n) is 1.84. The van der Waals surface area contributed by atoms with Crippen molar-refractivity contribution in [2.24, 2.45) is 5.10 Å². The number of ether oxygens (including phenoxy) is 1. The van der Waals surface area contributed by atoms with E-state index in [-0.39, 0.29) is 11.4 Å². The molecule has 8 heteroatoms. The molecule has 0 heterocycles. The fraction of sp³-hybridized carbons (Fsp3) is 0.0667. The third-order valence-electron chi connectivity index (χ3n) is 2.93. The molecular weight excluding hydrogens is 300 g/mol. The number of methoxy groups -OCH3 is 1. The van der Waals surface area contributed by atoms with Gasteiger partial charge in [-0.15, -0.1) is 0 Å². The van der Waals surface area contributed by atoms with Gasteiger partial charge in [0, 0.05) is 22.9 Å². The molecule has 0 saturated carbocycles. The molecule has 0 saturated heterocycles. The number of hydrogen-bond acceptors (Lipinski definition) is 6. The molecule has 0 radical (unpaired) electrons. The van der Waals surface area contributed by atoms with Crippen molar-refractivity contribution in [3.05, 3.63) is 63.7 Å². The quantitative estimate of drug-likeness (QED) is 0.378. The third kappa shape index (κ3) is 4.03. The van der Waals surface area contributed by atoms with Crippen molar-refractivity contribution in [3.63, 3.8) is 0 Å². The molecular formula is C15H14N4O4. The van der Waals surface area contributed by atoms with Crippen LogP contribution in [0.15, 0.2) is 47.6 Å². The lowest BCUT2D eigenvalue weighted by Gasteiger charge is -2.02. The van der Waals surface area contributed by atoms with E-state index in [1.165, 1.54) is 31.5 Å². The molecule has 0 atom stereocenters. The number of nitrogen functional groups attached to an aromatic ring is 1. The second-order valence-electron chi connectivity index (χ2n) is 4.51. The van der Waals surface area contributed by atoms with Crippen LogP contribution in [0.2, 0.25) is 0 Å². The first-order valence-corrected chi connectivity index (χ1v) is 6.52. The van der Waals surface area contributed by atoms with Gasteiger partial charge < -0.3 is 10.5 Å². The molecule has 23 heavy (non-hydrogen) atoms. The van der Waals surface area contributed by atoms with Gasteiger partial charge in [-0.2, -0.15) is 5.10 Å². The van der Waals surface area contributed by atoms with E-state index in [0.29, 0.717) is 16.8 Å². The van der Waals surface area contributed by atoms with Crippen LogP contribution < -0.4 is 15.9 Å². The molecule has 2 rings (SSSR count). The van der Waals surface area contributed by atoms with Gasteiger partial charge in [0.05, 0.1) is 18.2 Å². The van der Waals surface area contributed by atoms with Gasteiger partial charge in [0.15, 0.2) is 5.75 Å². The molecule has 8 nitrogen and oxygen atoms in total. The third-order valence-corrected chi connectivity index (χ3v) is 2.93. The Bertz CT molecular complexity index is 774. The highest BCUT2D eigenvalue weighted by Crippen LogP contribution is 2.26. The number of carbonyl (C=O) groups excluding carboxylic acids is 1. The topological polar surface area (TPSA) is 120 Å². The number of amides is 1. The van der Waals surface area contributed by atoms with Gasteiger partial charge in [-0.25, -0.2) is 5.43 Å². The van der Waals surface area contributed by atoms with E-state index in [1.807, 2.05) is 0 Å². The van der Waals surface area contributed by atoms with Gasteiger partial charge in [-0.05, 0) is 30.3 Å². The van der Waals surface area contributed by atoms with E-state index in [0.717, 1.165) is 0 Å². The minimum atomic E-state index is -0.554. The Balaban J connectivity index is 2.10. The number of hydrogen-bond donors (Lipinski definition) is 2. The van der Waals surface area contributed by atoms with Crippen LogP contribution in [0, 0.1) is 10.1 Å². The maximum Gasteiger partial charge on any atom is 0.311 e. The van der Waals surface area contributed by atoms with Gasteiger partial charge >= 0.3 is 5.69 Å². The van der Waals surface area contributed by atoms with Crippen molar-refractivity contribution in [3.8, 4) is 5.75 Å². The van der Waals surface area contributed by atoms with Crippen molar-refractivity contribution in [2.75, 3.05) is 12.8 Å². The standard InChI is InChI=1S/C15H14N4O4/c1-23-14-6-5-10(7-13(14)19(21)22)9-17-18-15(20)11-3-2-4-12(16)8-11/h2-9H,16H2,1H3,(H,18,20)/b17-9-. The molecule has 0 aliphatic heterocycles. The smallest absolute Gasteiger partial charge is 0.311 e. The molecule has 0 aliphatic carbocycles. The minimum absolute atomic E-state index is 0.149. The summed E-state index contributed by atoms with van der Waals surface area (Å²) in [5.41, 5.74) is 9.02. The summed E-state index contributed by atoms with van der Waals surface area (Å²) in [6.45, 7) is 0. The highest BCUT2D eigenvalue weighted by molar-refractivity contribution is 5.95. The molecule has 0 spiro atoms. The van der Waals surface area contributed by atoms with Crippen molar-refractivity contribution < 1.29 is 14.5 Å². The van der Waals surface area contributed by atoms with E-state index in [9.17, 15) is 14.9 Å². The predicted octanol–water partition coefficient (Wildman–Crippen LogP) is 1.95. The summed E-state index contributed by atoms with van der Waals surface area (Å²) in [7, 11) is 1.35. The summed E-state index contributed by atoms with van der Waals surface area (Å²) in [6, 6.07) is 10.8. The van der Waals surface area contributed by atoms with Gasteiger partial charge in [0.1, 0.15) is 0 Å². The Morgan fingerprint density at radius 3 is 2.78 bits per heavy atom. The normalized spacial score (nSPS) is 10.5. The number of nitrogens with zero attached hydrogens (tertiary/aromatic N) is 2. The first kappa shape index (κ1) is 16.0. The molecule has 2 aromatic rings. The first-order valence-electron chi connectivity index (χ1n) is 6.52. The SMILES string of the molecule is COc1ccc(/C=N\NC(=O)c2cccc(N)c2)cc1[N+](=O)[O-]. The van der Waals surface area contributed by atoms with Gasteiger partial charge in [-0.1, -0.05) is 6.07 Å². The number of hydrazone groups is 1. The van der Waals surface area contributed by atoms with E-state index in [4.69, 9.17) is 10.5 Å². The van der Waals surface area contributed by atoms with Crippen LogP contribution in [0.4, 0.5) is 11.4 Å². The monoisotopic (exact) mass is 314 g/mol. The summed E-state index contributed by atoms with van der Waals surface area (Å²) < 4.78 is 4.91. The number of nitro benzene ring substituents is 1. The summed E-state index contributed by atoms with van der Waals surface area (Å²) in [4.78, 5) is 22.2. The molecule has 118 valence electrons. The van der Waals surface area contributed by atoms with E-state index in [2.05, 4.69) is 10.5 Å². The highest BCUT2D eigenvalue weighted by atomic mass is 16.6. The number of nitrogens with one attached hydrogen (secondary N) is 1. The minimum Gasteiger partial charge on any atom is -0.490 e. The Hall–Kier alpha value is -3.42. The average Bonchev–Trinajstić information content (AvgIpc) is 2.54. The molecule has 0 unspecified atom stereocenters. The first-order chi connectivity index (χ1) is 11.0. The summed E-state index contributed by atoms with van der Waals surface area (Å²) >= 11 is 0. The fourth-order valence-corrected chi connectivity index (χ4v) is 1.84. The number of benzene rings is 2. The van der Waals surface area contributed by atoms with Crippen molar-refractivity contribution in [1.82, 2.24) is 5.43 Å². The zero-order chi connectivity index (χ0) is 16.8. The average molecular weight is 314 g/mol. The molecule has 0 aromatic heterocycles. The van der Waals surface area contributed by atoms with Crippen molar-refractivity contribution >= 4 is 23.5 Å². The lowest BCUT2D eigenvalue weighted by molar-refractivity contribution is -0.385. The maximum atomic E-state index is 11.9. The Labute approximate surface area is 131 Å². The van der Waals surface area contributed by atoms with Crippen LogP contribution >= 0.6 is 0 Å². The second kappa shape index (κ2) is 7.03. The van der Waals surface area contributed by atoms with Gasteiger partial charge in [0.25, 0.3) is 5.91 Å². The maximum absolute atomic E-state index is 11.9. The Kier molecular flexibility index (Phi) is 4.88. The molecule has 2 aromatic carbocycles. The van der Waals surface area contributed by atoms with E-state index < -0.39 is 10.8 Å². The number of rotatable bonds is 5. The zero-order valence-electron chi connectivity index (χ0n) is 12.2. The Morgan fingerprint density at radius 1 is 1.35 bits per heavy atom. The van der Waals surface area contributed by atoms with Gasteiger partial charge in [0.2, 0.25) is 0 Å². The molecule has 0 fully saturated rings. The van der Waals surface area contributed by atoms with E-state index in [1.54, 1.807) is 24.3 Å². The van der Waals surface area contributed by atoms with Crippen LogP contribution in [-0.2, 0) is 0 Å². The molecule has 1 amide bonds. The van der Waals surface area contributed by atoms with Crippen molar-refractivity contribution in [1.29, 1.82) is 0 Å². The van der Waals surface area contributed by atoms with Crippen LogP contribution in [0.3, 0.4) is 0 Å². The summed E-state index contributed by atoms with van der Waals surface area (Å²) in [6.07, 6.45) is 1.30. The van der Waals surface area contributed by atoms with Crippen LogP contribution in [0.1, 0.15) is 15.9 Å². The van der Waals surface area contributed by atoms with E-state index >= 15 is 0 Å². The lowest BCUT2D eigenvalue weighted by atomic mass is 10.2. The zero-order valence-corrected chi connectivity index (χ0v) is 12.2. The number of carbonyl (C=O) groups is 1. The van der Waals surface area contributed by atoms with Crippen LogP contribution in [0.5, 0.6) is 5.75 Å². The van der Waals surface area contributed by atoms with Gasteiger partial charge in [-0.3, -0.25) is 14.9 Å². The number of anilines is 1. The largest absolute Gasteiger partial charge is 0.490 e. The predicted molar refractivity (Wildman–Crippen MR) is 85.6 cm³/mol. The van der Waals surface area contributed by atoms with Crippen LogP contribution in [0.25, 0.3) is 0 Å². The molecule has 3 N–H and O–H groups in total. The number of nitro groups is 1. The summed E-state index contributed by atoms with van der Waals surface area (Å²) in [5.74, 6) is -0.285. The summed E-state index contributed by atoms with van der Waals surface area (Å²) in [5, 5.41) is 14.7. The molecule has 0 aliphatic rings. The number of nitrogens with two attached hydrogens (primary N) is 1.